The third-order valence-corrected chi connectivity index (χ3v) is 3.72. The molecule has 0 aliphatic rings. The molecule has 6 heteroatoms. The molecule has 0 aliphatic heterocycles. The van der Waals surface area contributed by atoms with E-state index in [0.29, 0.717) is 17.8 Å². The van der Waals surface area contributed by atoms with Gasteiger partial charge < -0.3 is 4.74 Å². The SMILES string of the molecule is CCOc1ccc(-c2nn3cnc4ccccc4c3nc2=O)cc1. The Kier molecular flexibility index (Phi) is 3.42. The third kappa shape index (κ3) is 2.38. The van der Waals surface area contributed by atoms with E-state index in [1.807, 2.05) is 43.3 Å². The number of hydrogen-bond donors (Lipinski definition) is 0. The van der Waals surface area contributed by atoms with Crippen LogP contribution in [0.2, 0.25) is 0 Å². The molecule has 0 unspecified atom stereocenters. The molecule has 4 rings (SSSR count). The fourth-order valence-electron chi connectivity index (χ4n) is 2.61. The highest BCUT2D eigenvalue weighted by atomic mass is 16.5. The van der Waals surface area contributed by atoms with Crippen LogP contribution in [0.5, 0.6) is 5.75 Å². The summed E-state index contributed by atoms with van der Waals surface area (Å²) in [5, 5.41) is 5.20. The highest BCUT2D eigenvalue weighted by molar-refractivity contribution is 5.90. The van der Waals surface area contributed by atoms with Crippen LogP contribution >= 0.6 is 0 Å². The van der Waals surface area contributed by atoms with Crippen LogP contribution in [-0.4, -0.2) is 26.2 Å². The van der Waals surface area contributed by atoms with Gasteiger partial charge in [-0.15, -0.1) is 0 Å². The number of para-hydroxylation sites is 1. The van der Waals surface area contributed by atoms with Crippen molar-refractivity contribution in [3.63, 3.8) is 0 Å². The zero-order valence-electron chi connectivity index (χ0n) is 13.0. The van der Waals surface area contributed by atoms with E-state index >= 15 is 0 Å². The van der Waals surface area contributed by atoms with Crippen molar-refractivity contribution in [1.82, 2.24) is 19.6 Å². The van der Waals surface area contributed by atoms with Gasteiger partial charge in [0.25, 0.3) is 5.56 Å². The van der Waals surface area contributed by atoms with Crippen LogP contribution in [0.3, 0.4) is 0 Å². The van der Waals surface area contributed by atoms with Crippen LogP contribution in [0.4, 0.5) is 0 Å². The van der Waals surface area contributed by atoms with Crippen LogP contribution in [-0.2, 0) is 0 Å². The molecule has 0 amide bonds. The molecule has 0 bridgehead atoms. The van der Waals surface area contributed by atoms with Crippen molar-refractivity contribution in [3.8, 4) is 17.0 Å². The fourth-order valence-corrected chi connectivity index (χ4v) is 2.61. The van der Waals surface area contributed by atoms with Crippen molar-refractivity contribution < 1.29 is 4.74 Å². The molecule has 0 saturated heterocycles. The first kappa shape index (κ1) is 14.3. The van der Waals surface area contributed by atoms with Crippen molar-refractivity contribution in [1.29, 1.82) is 0 Å². The topological polar surface area (TPSA) is 69.4 Å². The summed E-state index contributed by atoms with van der Waals surface area (Å²) in [4.78, 5) is 21.0. The normalized spacial score (nSPS) is 11.0. The molecule has 118 valence electrons. The van der Waals surface area contributed by atoms with Crippen molar-refractivity contribution in [3.05, 3.63) is 65.2 Å². The maximum Gasteiger partial charge on any atom is 0.300 e. The number of rotatable bonds is 3. The summed E-state index contributed by atoms with van der Waals surface area (Å²) in [7, 11) is 0. The third-order valence-electron chi connectivity index (χ3n) is 3.72. The fraction of sp³-hybridized carbons (Fsp3) is 0.111. The Balaban J connectivity index is 1.89. The van der Waals surface area contributed by atoms with Crippen molar-refractivity contribution in [2.45, 2.75) is 6.92 Å². The van der Waals surface area contributed by atoms with Crippen molar-refractivity contribution >= 4 is 16.6 Å². The van der Waals surface area contributed by atoms with Gasteiger partial charge in [-0.25, -0.2) is 9.50 Å². The second-order valence-corrected chi connectivity index (χ2v) is 5.25. The summed E-state index contributed by atoms with van der Waals surface area (Å²) in [6.07, 6.45) is 1.57. The molecule has 0 saturated carbocycles. The molecule has 2 aromatic carbocycles. The van der Waals surface area contributed by atoms with E-state index in [9.17, 15) is 4.79 Å². The largest absolute Gasteiger partial charge is 0.494 e. The summed E-state index contributed by atoms with van der Waals surface area (Å²) < 4.78 is 6.95. The molecule has 0 fully saturated rings. The predicted molar refractivity (Wildman–Crippen MR) is 91.2 cm³/mol. The summed E-state index contributed by atoms with van der Waals surface area (Å²) in [6.45, 7) is 2.52. The molecule has 0 aliphatic carbocycles. The maximum absolute atomic E-state index is 12.4. The first-order chi connectivity index (χ1) is 11.8. The second-order valence-electron chi connectivity index (χ2n) is 5.25. The molecule has 2 heterocycles. The van der Waals surface area contributed by atoms with E-state index in [0.717, 1.165) is 16.7 Å². The number of fused-ring (bicyclic) bond motifs is 3. The molecule has 0 spiro atoms. The summed E-state index contributed by atoms with van der Waals surface area (Å²) >= 11 is 0. The lowest BCUT2D eigenvalue weighted by molar-refractivity contribution is 0.340. The Morgan fingerprint density at radius 3 is 2.67 bits per heavy atom. The molecular weight excluding hydrogens is 304 g/mol. The van der Waals surface area contributed by atoms with E-state index in [2.05, 4.69) is 15.1 Å². The highest BCUT2D eigenvalue weighted by Gasteiger charge is 2.11. The Labute approximate surface area is 137 Å². The van der Waals surface area contributed by atoms with E-state index in [-0.39, 0.29) is 11.3 Å². The molecule has 4 aromatic rings. The van der Waals surface area contributed by atoms with Gasteiger partial charge in [0.2, 0.25) is 0 Å². The number of ether oxygens (including phenoxy) is 1. The van der Waals surface area contributed by atoms with Crippen molar-refractivity contribution in [2.75, 3.05) is 6.61 Å². The monoisotopic (exact) mass is 318 g/mol. The molecule has 6 nitrogen and oxygen atoms in total. The van der Waals surface area contributed by atoms with Crippen LogP contribution in [0, 0.1) is 0 Å². The molecule has 0 radical (unpaired) electrons. The molecule has 0 atom stereocenters. The maximum atomic E-state index is 12.4. The smallest absolute Gasteiger partial charge is 0.300 e. The zero-order valence-corrected chi connectivity index (χ0v) is 13.0. The van der Waals surface area contributed by atoms with Gasteiger partial charge in [-0.1, -0.05) is 12.1 Å². The first-order valence-electron chi connectivity index (χ1n) is 7.64. The minimum atomic E-state index is -0.365. The highest BCUT2D eigenvalue weighted by Crippen LogP contribution is 2.19. The first-order valence-corrected chi connectivity index (χ1v) is 7.64. The number of nitrogens with zero attached hydrogens (tertiary/aromatic N) is 4. The van der Waals surface area contributed by atoms with E-state index < -0.39 is 0 Å². The van der Waals surface area contributed by atoms with Crippen LogP contribution in [0.15, 0.2) is 59.7 Å². The van der Waals surface area contributed by atoms with Gasteiger partial charge in [0, 0.05) is 10.9 Å². The zero-order chi connectivity index (χ0) is 16.5. The van der Waals surface area contributed by atoms with Crippen LogP contribution in [0.1, 0.15) is 6.92 Å². The minimum absolute atomic E-state index is 0.285. The van der Waals surface area contributed by atoms with Gasteiger partial charge in [-0.3, -0.25) is 4.79 Å². The summed E-state index contributed by atoms with van der Waals surface area (Å²) in [5.41, 5.74) is 1.89. The standard InChI is InChI=1S/C18H14N4O2/c1-2-24-13-9-7-12(8-10-13)16-18(23)20-17-14-5-3-4-6-15(14)19-11-22(17)21-16/h3-11H,2H2,1H3. The van der Waals surface area contributed by atoms with Gasteiger partial charge in [0.05, 0.1) is 12.1 Å². The molecular formula is C18H14N4O2. The average Bonchev–Trinajstić information content (AvgIpc) is 2.62. The van der Waals surface area contributed by atoms with Crippen LogP contribution < -0.4 is 10.3 Å². The molecule has 24 heavy (non-hydrogen) atoms. The average molecular weight is 318 g/mol. The van der Waals surface area contributed by atoms with Gasteiger partial charge in [-0.05, 0) is 43.3 Å². The van der Waals surface area contributed by atoms with Crippen molar-refractivity contribution in [2.24, 2.45) is 0 Å². The quantitative estimate of drug-likeness (QED) is 0.543. The summed E-state index contributed by atoms with van der Waals surface area (Å²) in [6, 6.07) is 14.8. The molecule has 2 aromatic heterocycles. The number of hydrogen-bond acceptors (Lipinski definition) is 5. The van der Waals surface area contributed by atoms with Crippen LogP contribution in [0.25, 0.3) is 27.8 Å². The van der Waals surface area contributed by atoms with Gasteiger partial charge >= 0.3 is 0 Å². The van der Waals surface area contributed by atoms with E-state index in [1.54, 1.807) is 18.5 Å². The lowest BCUT2D eigenvalue weighted by Gasteiger charge is -2.06. The van der Waals surface area contributed by atoms with Gasteiger partial charge in [0.15, 0.2) is 11.3 Å². The Morgan fingerprint density at radius 2 is 1.88 bits per heavy atom. The number of benzene rings is 2. The lowest BCUT2D eigenvalue weighted by Crippen LogP contribution is -2.16. The van der Waals surface area contributed by atoms with Gasteiger partial charge in [-0.2, -0.15) is 10.1 Å². The summed E-state index contributed by atoms with van der Waals surface area (Å²) in [5.74, 6) is 0.753. The minimum Gasteiger partial charge on any atom is -0.494 e. The number of aromatic nitrogens is 4. The predicted octanol–water partition coefficient (Wildman–Crippen LogP) is 2.70. The molecule has 0 N–H and O–H groups in total. The second kappa shape index (κ2) is 5.73. The van der Waals surface area contributed by atoms with E-state index in [1.165, 1.54) is 4.52 Å². The lowest BCUT2D eigenvalue weighted by atomic mass is 10.1. The Morgan fingerprint density at radius 1 is 1.08 bits per heavy atom. The Hall–Kier alpha value is -3.28. The van der Waals surface area contributed by atoms with Gasteiger partial charge in [0.1, 0.15) is 12.1 Å². The van der Waals surface area contributed by atoms with E-state index in [4.69, 9.17) is 4.74 Å². The Bertz CT molecular complexity index is 1090.